The number of nitro benzene ring substituents is 1. The first-order chi connectivity index (χ1) is 11.8. The molecular weight excluding hydrogens is 348 g/mol. The van der Waals surface area contributed by atoms with Crippen LogP contribution in [0.25, 0.3) is 0 Å². The van der Waals surface area contributed by atoms with E-state index >= 15 is 0 Å². The number of hydrogen-bond donors (Lipinski definition) is 1. The van der Waals surface area contributed by atoms with Gasteiger partial charge in [-0.25, -0.2) is 13.1 Å². The first kappa shape index (κ1) is 18.7. The number of ether oxygens (including phenoxy) is 2. The Hall–Kier alpha value is -2.65. The zero-order valence-corrected chi connectivity index (χ0v) is 14.7. The summed E-state index contributed by atoms with van der Waals surface area (Å²) in [5.41, 5.74) is 0.425. The Morgan fingerprint density at radius 3 is 2.24 bits per heavy atom. The number of benzene rings is 2. The number of hydrogen-bond acceptors (Lipinski definition) is 6. The van der Waals surface area contributed by atoms with Gasteiger partial charge in [-0.05, 0) is 37.3 Å². The third-order valence-electron chi connectivity index (χ3n) is 3.59. The van der Waals surface area contributed by atoms with Crippen LogP contribution in [0, 0.1) is 10.1 Å². The molecule has 2 aromatic rings. The van der Waals surface area contributed by atoms with Gasteiger partial charge in [-0.1, -0.05) is 0 Å². The van der Waals surface area contributed by atoms with E-state index in [0.29, 0.717) is 17.1 Å². The Morgan fingerprint density at radius 1 is 1.08 bits per heavy atom. The summed E-state index contributed by atoms with van der Waals surface area (Å²) in [4.78, 5) is 10.0. The third-order valence-corrected chi connectivity index (χ3v) is 5.15. The predicted molar refractivity (Wildman–Crippen MR) is 91.4 cm³/mol. The first-order valence-corrected chi connectivity index (χ1v) is 8.75. The maximum atomic E-state index is 12.5. The molecule has 0 bridgehead atoms. The molecule has 0 amide bonds. The molecule has 0 unspecified atom stereocenters. The standard InChI is InChI=1S/C16H18N2O6S/c1-11(15-10-13(23-2)6-9-16(15)24-3)17-25(21,22)14-7-4-12(5-8-14)18(19)20/h4-11,17H,1-3H3/t11-/m0/s1. The van der Waals surface area contributed by atoms with Crippen molar-refractivity contribution < 1.29 is 22.8 Å². The van der Waals surface area contributed by atoms with E-state index in [0.717, 1.165) is 12.1 Å². The first-order valence-electron chi connectivity index (χ1n) is 7.27. The molecule has 0 aliphatic rings. The smallest absolute Gasteiger partial charge is 0.269 e. The van der Waals surface area contributed by atoms with Crippen LogP contribution >= 0.6 is 0 Å². The largest absolute Gasteiger partial charge is 0.497 e. The number of non-ortho nitro benzene ring substituents is 1. The van der Waals surface area contributed by atoms with Gasteiger partial charge in [0.05, 0.1) is 24.0 Å². The minimum Gasteiger partial charge on any atom is -0.497 e. The van der Waals surface area contributed by atoms with E-state index in [1.54, 1.807) is 25.1 Å². The van der Waals surface area contributed by atoms with Gasteiger partial charge in [0.2, 0.25) is 10.0 Å². The van der Waals surface area contributed by atoms with Crippen molar-refractivity contribution in [2.75, 3.05) is 14.2 Å². The maximum Gasteiger partial charge on any atom is 0.269 e. The van der Waals surface area contributed by atoms with Crippen LogP contribution in [-0.4, -0.2) is 27.6 Å². The molecule has 9 heteroatoms. The van der Waals surface area contributed by atoms with Gasteiger partial charge >= 0.3 is 0 Å². The van der Waals surface area contributed by atoms with Gasteiger partial charge in [0.1, 0.15) is 11.5 Å². The minimum atomic E-state index is -3.86. The van der Waals surface area contributed by atoms with Gasteiger partial charge in [0.15, 0.2) is 0 Å². The second kappa shape index (κ2) is 7.49. The fourth-order valence-electron chi connectivity index (χ4n) is 2.29. The highest BCUT2D eigenvalue weighted by Gasteiger charge is 2.22. The van der Waals surface area contributed by atoms with Crippen LogP contribution in [0.5, 0.6) is 11.5 Å². The number of nitro groups is 1. The molecule has 1 N–H and O–H groups in total. The fourth-order valence-corrected chi connectivity index (χ4v) is 3.51. The van der Waals surface area contributed by atoms with E-state index in [9.17, 15) is 18.5 Å². The van der Waals surface area contributed by atoms with Crippen molar-refractivity contribution in [3.05, 3.63) is 58.1 Å². The quantitative estimate of drug-likeness (QED) is 0.596. The van der Waals surface area contributed by atoms with Gasteiger partial charge in [-0.15, -0.1) is 0 Å². The lowest BCUT2D eigenvalue weighted by Crippen LogP contribution is -2.27. The highest BCUT2D eigenvalue weighted by molar-refractivity contribution is 7.89. The molecule has 8 nitrogen and oxygen atoms in total. The lowest BCUT2D eigenvalue weighted by Gasteiger charge is -2.18. The Bertz CT molecular complexity index is 865. The van der Waals surface area contributed by atoms with Gasteiger partial charge in [0, 0.05) is 23.7 Å². The average Bonchev–Trinajstić information content (AvgIpc) is 2.60. The van der Waals surface area contributed by atoms with Crippen molar-refractivity contribution in [1.82, 2.24) is 4.72 Å². The van der Waals surface area contributed by atoms with Crippen molar-refractivity contribution in [2.45, 2.75) is 17.9 Å². The van der Waals surface area contributed by atoms with Crippen LogP contribution in [0.4, 0.5) is 5.69 Å². The molecule has 2 aromatic carbocycles. The Labute approximate surface area is 145 Å². The molecule has 0 aliphatic heterocycles. The Kier molecular flexibility index (Phi) is 5.60. The van der Waals surface area contributed by atoms with Crippen LogP contribution in [-0.2, 0) is 10.0 Å². The van der Waals surface area contributed by atoms with Crippen molar-refractivity contribution in [3.8, 4) is 11.5 Å². The molecule has 0 aromatic heterocycles. The molecule has 134 valence electrons. The van der Waals surface area contributed by atoms with Gasteiger partial charge < -0.3 is 9.47 Å². The average molecular weight is 366 g/mol. The third kappa shape index (κ3) is 4.25. The van der Waals surface area contributed by atoms with E-state index in [2.05, 4.69) is 4.72 Å². The molecule has 0 saturated heterocycles. The zero-order chi connectivity index (χ0) is 18.6. The molecule has 1 atom stereocenters. The highest BCUT2D eigenvalue weighted by atomic mass is 32.2. The summed E-state index contributed by atoms with van der Waals surface area (Å²) >= 11 is 0. The molecule has 0 radical (unpaired) electrons. The van der Waals surface area contributed by atoms with Gasteiger partial charge in [0.25, 0.3) is 5.69 Å². The second-order valence-corrected chi connectivity index (χ2v) is 6.92. The van der Waals surface area contributed by atoms with Crippen LogP contribution < -0.4 is 14.2 Å². The van der Waals surface area contributed by atoms with Crippen LogP contribution in [0.1, 0.15) is 18.5 Å². The normalized spacial score (nSPS) is 12.4. The van der Waals surface area contributed by atoms with E-state index < -0.39 is 21.0 Å². The van der Waals surface area contributed by atoms with Crippen LogP contribution in [0.2, 0.25) is 0 Å². The number of sulfonamides is 1. The van der Waals surface area contributed by atoms with E-state index in [-0.39, 0.29) is 10.6 Å². The summed E-state index contributed by atoms with van der Waals surface area (Å²) in [5, 5.41) is 10.7. The van der Waals surface area contributed by atoms with Crippen LogP contribution in [0.3, 0.4) is 0 Å². The summed E-state index contributed by atoms with van der Waals surface area (Å²) in [6, 6.07) is 9.14. The lowest BCUT2D eigenvalue weighted by atomic mass is 10.1. The number of nitrogens with one attached hydrogen (secondary N) is 1. The fraction of sp³-hybridized carbons (Fsp3) is 0.250. The van der Waals surface area contributed by atoms with E-state index in [1.165, 1.54) is 26.4 Å². The van der Waals surface area contributed by atoms with Crippen molar-refractivity contribution >= 4 is 15.7 Å². The Morgan fingerprint density at radius 2 is 1.72 bits per heavy atom. The monoisotopic (exact) mass is 366 g/mol. The summed E-state index contributed by atoms with van der Waals surface area (Å²) in [5.74, 6) is 1.08. The summed E-state index contributed by atoms with van der Waals surface area (Å²) in [7, 11) is -0.863. The zero-order valence-electron chi connectivity index (χ0n) is 13.9. The molecule has 0 saturated carbocycles. The summed E-state index contributed by atoms with van der Waals surface area (Å²) in [6.07, 6.45) is 0. The van der Waals surface area contributed by atoms with Crippen molar-refractivity contribution in [3.63, 3.8) is 0 Å². The number of nitrogens with zero attached hydrogens (tertiary/aromatic N) is 1. The molecule has 0 spiro atoms. The molecule has 0 aliphatic carbocycles. The maximum absolute atomic E-state index is 12.5. The van der Waals surface area contributed by atoms with Crippen molar-refractivity contribution in [2.24, 2.45) is 0 Å². The number of rotatable bonds is 7. The lowest BCUT2D eigenvalue weighted by molar-refractivity contribution is -0.384. The SMILES string of the molecule is COc1ccc(OC)c([C@H](C)NS(=O)(=O)c2ccc([N+](=O)[O-])cc2)c1. The topological polar surface area (TPSA) is 108 Å². The molecular formula is C16H18N2O6S. The summed E-state index contributed by atoms with van der Waals surface area (Å²) in [6.45, 7) is 1.67. The Balaban J connectivity index is 2.29. The molecule has 0 fully saturated rings. The minimum absolute atomic E-state index is 0.0631. The van der Waals surface area contributed by atoms with Crippen LogP contribution in [0.15, 0.2) is 47.4 Å². The molecule has 0 heterocycles. The van der Waals surface area contributed by atoms with Gasteiger partial charge in [-0.2, -0.15) is 0 Å². The molecule has 25 heavy (non-hydrogen) atoms. The second-order valence-electron chi connectivity index (χ2n) is 5.20. The van der Waals surface area contributed by atoms with E-state index in [1.807, 2.05) is 0 Å². The highest BCUT2D eigenvalue weighted by Crippen LogP contribution is 2.30. The van der Waals surface area contributed by atoms with Crippen molar-refractivity contribution in [1.29, 1.82) is 0 Å². The van der Waals surface area contributed by atoms with Gasteiger partial charge in [-0.3, -0.25) is 10.1 Å². The molecule has 2 rings (SSSR count). The van der Waals surface area contributed by atoms with E-state index in [4.69, 9.17) is 9.47 Å². The predicted octanol–water partition coefficient (Wildman–Crippen LogP) is 2.65. The summed E-state index contributed by atoms with van der Waals surface area (Å²) < 4.78 is 37.9. The number of methoxy groups -OCH3 is 2.